The highest BCUT2D eigenvalue weighted by Crippen LogP contribution is 2.20. The fourth-order valence-corrected chi connectivity index (χ4v) is 1.58. The highest BCUT2D eigenvalue weighted by atomic mass is 16.5. The van der Waals surface area contributed by atoms with Gasteiger partial charge in [-0.05, 0) is 25.1 Å². The van der Waals surface area contributed by atoms with Crippen molar-refractivity contribution in [1.29, 1.82) is 0 Å². The van der Waals surface area contributed by atoms with Crippen molar-refractivity contribution in [2.45, 2.75) is 20.1 Å². The Hall–Kier alpha value is -1.94. The van der Waals surface area contributed by atoms with Crippen molar-refractivity contribution >= 4 is 0 Å². The Morgan fingerprint density at radius 2 is 1.94 bits per heavy atom. The number of nitrogens with two attached hydrogens (primary N) is 1. The molecule has 1 aromatic heterocycles. The number of ether oxygens (including phenoxy) is 2. The Morgan fingerprint density at radius 3 is 2.61 bits per heavy atom. The van der Waals surface area contributed by atoms with Crippen LogP contribution in [0.4, 0.5) is 0 Å². The highest BCUT2D eigenvalue weighted by Gasteiger charge is 2.02. The lowest BCUT2D eigenvalue weighted by Crippen LogP contribution is -1.96. The molecule has 18 heavy (non-hydrogen) atoms. The Bertz CT molecular complexity index is 493. The zero-order valence-electron chi connectivity index (χ0n) is 10.4. The lowest BCUT2D eigenvalue weighted by molar-refractivity contribution is 0.267. The summed E-state index contributed by atoms with van der Waals surface area (Å²) in [4.78, 5) is 0. The zero-order valence-corrected chi connectivity index (χ0v) is 10.4. The van der Waals surface area contributed by atoms with Gasteiger partial charge in [0.25, 0.3) is 0 Å². The van der Waals surface area contributed by atoms with Gasteiger partial charge in [0.1, 0.15) is 23.9 Å². The van der Waals surface area contributed by atoms with E-state index in [9.17, 15) is 0 Å². The summed E-state index contributed by atoms with van der Waals surface area (Å²) in [6, 6.07) is 9.43. The van der Waals surface area contributed by atoms with Crippen molar-refractivity contribution in [3.05, 3.63) is 47.9 Å². The maximum atomic E-state index is 5.62. The first kappa shape index (κ1) is 12.5. The van der Waals surface area contributed by atoms with Gasteiger partial charge < -0.3 is 19.6 Å². The quantitative estimate of drug-likeness (QED) is 0.852. The Morgan fingerprint density at radius 1 is 1.17 bits per heavy atom. The first-order valence-electron chi connectivity index (χ1n) is 5.94. The lowest BCUT2D eigenvalue weighted by Gasteiger charge is -2.07. The maximum absolute atomic E-state index is 5.62. The molecule has 0 aliphatic rings. The zero-order chi connectivity index (χ0) is 12.8. The molecule has 4 heteroatoms. The van der Waals surface area contributed by atoms with E-state index in [2.05, 4.69) is 0 Å². The van der Waals surface area contributed by atoms with Gasteiger partial charge in [-0.2, -0.15) is 0 Å². The van der Waals surface area contributed by atoms with Crippen LogP contribution in [-0.2, 0) is 13.2 Å². The Kier molecular flexibility index (Phi) is 4.25. The van der Waals surface area contributed by atoms with Crippen LogP contribution in [0.15, 0.2) is 41.0 Å². The van der Waals surface area contributed by atoms with Gasteiger partial charge in [0, 0.05) is 18.2 Å². The predicted octanol–water partition coefficient (Wildman–Crippen LogP) is 2.72. The van der Waals surface area contributed by atoms with Crippen LogP contribution in [0.25, 0.3) is 0 Å². The van der Waals surface area contributed by atoms with Gasteiger partial charge in [-0.3, -0.25) is 0 Å². The molecule has 0 aliphatic heterocycles. The SMILES string of the molecule is CCOc1cccc(OCc2cc(CN)co2)c1. The van der Waals surface area contributed by atoms with Gasteiger partial charge in [-0.15, -0.1) is 0 Å². The summed E-state index contributed by atoms with van der Waals surface area (Å²) in [5, 5.41) is 0. The van der Waals surface area contributed by atoms with E-state index in [1.165, 1.54) is 0 Å². The standard InChI is InChI=1S/C14H17NO3/c1-2-16-12-4-3-5-13(7-12)18-10-14-6-11(8-15)9-17-14/h3-7,9H,2,8,10,15H2,1H3. The smallest absolute Gasteiger partial charge is 0.146 e. The van der Waals surface area contributed by atoms with Crippen molar-refractivity contribution < 1.29 is 13.9 Å². The minimum Gasteiger partial charge on any atom is -0.494 e. The second-order valence-electron chi connectivity index (χ2n) is 3.82. The molecule has 0 radical (unpaired) electrons. The fraction of sp³-hybridized carbons (Fsp3) is 0.286. The van der Waals surface area contributed by atoms with Crippen LogP contribution in [0.5, 0.6) is 11.5 Å². The van der Waals surface area contributed by atoms with Crippen LogP contribution >= 0.6 is 0 Å². The summed E-state index contributed by atoms with van der Waals surface area (Å²) in [7, 11) is 0. The molecule has 0 spiro atoms. The minimum atomic E-state index is 0.385. The largest absolute Gasteiger partial charge is 0.494 e. The molecule has 0 atom stereocenters. The first-order chi connectivity index (χ1) is 8.81. The van der Waals surface area contributed by atoms with Crippen LogP contribution in [0, 0.1) is 0 Å². The molecule has 0 fully saturated rings. The van der Waals surface area contributed by atoms with E-state index in [1.807, 2.05) is 37.3 Å². The first-order valence-corrected chi connectivity index (χ1v) is 5.94. The molecule has 1 heterocycles. The van der Waals surface area contributed by atoms with Crippen molar-refractivity contribution in [3.63, 3.8) is 0 Å². The molecule has 0 aliphatic carbocycles. The van der Waals surface area contributed by atoms with Crippen molar-refractivity contribution in [2.24, 2.45) is 5.73 Å². The molecule has 2 rings (SSSR count). The van der Waals surface area contributed by atoms with Crippen LogP contribution < -0.4 is 15.2 Å². The molecule has 0 saturated heterocycles. The number of hydrogen-bond donors (Lipinski definition) is 1. The summed E-state index contributed by atoms with van der Waals surface area (Å²) in [6.45, 7) is 3.45. The van der Waals surface area contributed by atoms with Gasteiger partial charge in [0.2, 0.25) is 0 Å². The van der Waals surface area contributed by atoms with Gasteiger partial charge in [-0.1, -0.05) is 6.07 Å². The third-order valence-corrected chi connectivity index (χ3v) is 2.44. The van der Waals surface area contributed by atoms with Crippen LogP contribution in [-0.4, -0.2) is 6.61 Å². The van der Waals surface area contributed by atoms with E-state index in [1.54, 1.807) is 6.26 Å². The molecule has 0 unspecified atom stereocenters. The van der Waals surface area contributed by atoms with Crippen LogP contribution in [0.1, 0.15) is 18.2 Å². The molecule has 0 saturated carbocycles. The third kappa shape index (κ3) is 3.28. The molecule has 96 valence electrons. The molecular weight excluding hydrogens is 230 g/mol. The number of rotatable bonds is 6. The van der Waals surface area contributed by atoms with Crippen molar-refractivity contribution in [3.8, 4) is 11.5 Å². The normalized spacial score (nSPS) is 10.3. The van der Waals surface area contributed by atoms with Crippen LogP contribution in [0.2, 0.25) is 0 Å². The average molecular weight is 247 g/mol. The molecule has 2 aromatic rings. The van der Waals surface area contributed by atoms with Gasteiger partial charge in [0.15, 0.2) is 0 Å². The van der Waals surface area contributed by atoms with Gasteiger partial charge in [-0.25, -0.2) is 0 Å². The van der Waals surface area contributed by atoms with Crippen molar-refractivity contribution in [1.82, 2.24) is 0 Å². The van der Waals surface area contributed by atoms with E-state index in [-0.39, 0.29) is 0 Å². The summed E-state index contributed by atoms with van der Waals surface area (Å²) in [5.41, 5.74) is 6.48. The summed E-state index contributed by atoms with van der Waals surface area (Å²) >= 11 is 0. The van der Waals surface area contributed by atoms with Gasteiger partial charge in [0.05, 0.1) is 12.9 Å². The lowest BCUT2D eigenvalue weighted by atomic mass is 10.3. The van der Waals surface area contributed by atoms with Gasteiger partial charge >= 0.3 is 0 Å². The topological polar surface area (TPSA) is 57.6 Å². The number of hydrogen-bond acceptors (Lipinski definition) is 4. The molecule has 2 N–H and O–H groups in total. The Labute approximate surface area is 106 Å². The summed E-state index contributed by atoms with van der Waals surface area (Å²) in [5.74, 6) is 2.32. The molecule has 0 amide bonds. The molecule has 4 nitrogen and oxygen atoms in total. The van der Waals surface area contributed by atoms with Crippen LogP contribution in [0.3, 0.4) is 0 Å². The predicted molar refractivity (Wildman–Crippen MR) is 68.5 cm³/mol. The maximum Gasteiger partial charge on any atom is 0.146 e. The van der Waals surface area contributed by atoms with E-state index >= 15 is 0 Å². The minimum absolute atomic E-state index is 0.385. The molecule has 0 bridgehead atoms. The number of furan rings is 1. The molecular formula is C14H17NO3. The second kappa shape index (κ2) is 6.12. The summed E-state index contributed by atoms with van der Waals surface area (Å²) in [6.07, 6.45) is 1.65. The third-order valence-electron chi connectivity index (χ3n) is 2.44. The second-order valence-corrected chi connectivity index (χ2v) is 3.82. The van der Waals surface area contributed by atoms with E-state index in [4.69, 9.17) is 19.6 Å². The highest BCUT2D eigenvalue weighted by molar-refractivity contribution is 5.33. The summed E-state index contributed by atoms with van der Waals surface area (Å²) < 4.78 is 16.3. The average Bonchev–Trinajstić information content (AvgIpc) is 2.85. The number of benzene rings is 1. The van der Waals surface area contributed by atoms with Crippen molar-refractivity contribution in [2.75, 3.05) is 6.61 Å². The fourth-order valence-electron chi connectivity index (χ4n) is 1.58. The monoisotopic (exact) mass is 247 g/mol. The molecule has 1 aromatic carbocycles. The Balaban J connectivity index is 1.94. The van der Waals surface area contributed by atoms with E-state index in [0.717, 1.165) is 22.8 Å². The van der Waals surface area contributed by atoms with E-state index < -0.39 is 0 Å². The van der Waals surface area contributed by atoms with E-state index in [0.29, 0.717) is 19.8 Å².